The lowest BCUT2D eigenvalue weighted by Crippen LogP contribution is -2.37. The predicted octanol–water partition coefficient (Wildman–Crippen LogP) is 1.76. The zero-order chi connectivity index (χ0) is 15.6. The number of hydrogen-bond acceptors (Lipinski definition) is 3. The Balaban J connectivity index is 1.98. The van der Waals surface area contributed by atoms with Gasteiger partial charge in [0, 0.05) is 31.1 Å². The third-order valence-electron chi connectivity index (χ3n) is 4.33. The zero-order valence-electron chi connectivity index (χ0n) is 12.5. The second-order valence-electron chi connectivity index (χ2n) is 5.45. The lowest BCUT2D eigenvalue weighted by atomic mass is 9.85. The smallest absolute Gasteiger partial charge is 0.233 e. The number of halogens is 1. The molecular formula is C15H21ClN2O3. The average molecular weight is 313 g/mol. The van der Waals surface area contributed by atoms with E-state index < -0.39 is 0 Å². The first kappa shape index (κ1) is 16.0. The van der Waals surface area contributed by atoms with E-state index in [1.165, 1.54) is 4.90 Å². The molecule has 0 radical (unpaired) electrons. The summed E-state index contributed by atoms with van der Waals surface area (Å²) in [6, 6.07) is 0. The summed E-state index contributed by atoms with van der Waals surface area (Å²) in [4.78, 5) is 39.5. The van der Waals surface area contributed by atoms with Crippen molar-refractivity contribution in [2.75, 3.05) is 19.6 Å². The Kier molecular flexibility index (Phi) is 5.04. The van der Waals surface area contributed by atoms with Gasteiger partial charge in [-0.15, -0.1) is 0 Å². The topological polar surface area (TPSA) is 57.7 Å². The van der Waals surface area contributed by atoms with Crippen molar-refractivity contribution < 1.29 is 14.4 Å². The maximum atomic E-state index is 12.3. The largest absolute Gasteiger partial charge is 0.343 e. The van der Waals surface area contributed by atoms with Crippen molar-refractivity contribution in [1.29, 1.82) is 0 Å². The lowest BCUT2D eigenvalue weighted by Gasteiger charge is -2.20. The van der Waals surface area contributed by atoms with E-state index >= 15 is 0 Å². The molecule has 1 fully saturated rings. The minimum Gasteiger partial charge on any atom is -0.343 e. The van der Waals surface area contributed by atoms with E-state index in [0.717, 1.165) is 0 Å². The summed E-state index contributed by atoms with van der Waals surface area (Å²) in [5, 5.41) is 0.651. The highest BCUT2D eigenvalue weighted by Crippen LogP contribution is 2.38. The van der Waals surface area contributed by atoms with Crippen molar-refractivity contribution >= 4 is 29.3 Å². The first-order valence-corrected chi connectivity index (χ1v) is 7.84. The third kappa shape index (κ3) is 3.12. The van der Waals surface area contributed by atoms with Crippen LogP contribution < -0.4 is 0 Å². The summed E-state index contributed by atoms with van der Waals surface area (Å²) >= 11 is 5.97. The first-order chi connectivity index (χ1) is 9.99. The third-order valence-corrected chi connectivity index (χ3v) is 4.63. The van der Waals surface area contributed by atoms with Crippen LogP contribution in [0.1, 0.15) is 33.1 Å². The van der Waals surface area contributed by atoms with Crippen molar-refractivity contribution in [1.82, 2.24) is 9.80 Å². The second-order valence-corrected chi connectivity index (χ2v) is 5.93. The molecule has 2 atom stereocenters. The molecule has 6 heteroatoms. The van der Waals surface area contributed by atoms with E-state index in [9.17, 15) is 14.4 Å². The molecule has 1 aliphatic carbocycles. The minimum atomic E-state index is -0.335. The van der Waals surface area contributed by atoms with Crippen LogP contribution in [0, 0.1) is 11.8 Å². The molecule has 0 unspecified atom stereocenters. The van der Waals surface area contributed by atoms with Crippen molar-refractivity contribution in [3.63, 3.8) is 0 Å². The number of nitrogens with zero attached hydrogens (tertiary/aromatic N) is 2. The van der Waals surface area contributed by atoms with Gasteiger partial charge >= 0.3 is 0 Å². The maximum absolute atomic E-state index is 12.3. The molecule has 1 saturated heterocycles. The van der Waals surface area contributed by atoms with Gasteiger partial charge in [-0.3, -0.25) is 19.3 Å². The van der Waals surface area contributed by atoms with Gasteiger partial charge in [0.25, 0.3) is 0 Å². The molecule has 0 aromatic carbocycles. The Bertz CT molecular complexity index is 485. The normalized spacial score (nSPS) is 24.9. The van der Waals surface area contributed by atoms with E-state index in [1.807, 2.05) is 19.9 Å². The predicted molar refractivity (Wildman–Crippen MR) is 79.4 cm³/mol. The number of likely N-dealkylation sites (tertiary alicyclic amines) is 1. The Hall–Kier alpha value is -1.36. The molecule has 116 valence electrons. The van der Waals surface area contributed by atoms with Gasteiger partial charge in [-0.25, -0.2) is 0 Å². The zero-order valence-corrected chi connectivity index (χ0v) is 13.2. The standard InChI is InChI=1S/C15H21ClN2O3/c1-3-17(4-2)13(19)7-8-18-14(20)11-6-5-10(16)9-12(11)15(18)21/h5,11-12H,3-4,6-9H2,1-2H3/t11-,12+/m1/s1. The molecule has 0 bridgehead atoms. The number of amides is 3. The molecule has 21 heavy (non-hydrogen) atoms. The Morgan fingerprint density at radius 1 is 1.29 bits per heavy atom. The molecule has 2 rings (SSSR count). The number of carbonyl (C=O) groups is 3. The van der Waals surface area contributed by atoms with Crippen LogP contribution in [0.15, 0.2) is 11.1 Å². The minimum absolute atomic E-state index is 0.0216. The summed E-state index contributed by atoms with van der Waals surface area (Å²) in [7, 11) is 0. The fourth-order valence-corrected chi connectivity index (χ4v) is 3.31. The monoisotopic (exact) mass is 312 g/mol. The number of rotatable bonds is 5. The molecule has 0 spiro atoms. The van der Waals surface area contributed by atoms with Crippen LogP contribution in [0.3, 0.4) is 0 Å². The highest BCUT2D eigenvalue weighted by molar-refractivity contribution is 6.30. The van der Waals surface area contributed by atoms with Gasteiger partial charge in [0.1, 0.15) is 0 Å². The Morgan fingerprint density at radius 2 is 1.90 bits per heavy atom. The molecule has 2 aliphatic rings. The van der Waals surface area contributed by atoms with Gasteiger partial charge in [-0.05, 0) is 26.7 Å². The van der Waals surface area contributed by atoms with Crippen LogP contribution in [0.2, 0.25) is 0 Å². The maximum Gasteiger partial charge on any atom is 0.233 e. The second kappa shape index (κ2) is 6.60. The van der Waals surface area contributed by atoms with Crippen molar-refractivity contribution in [2.45, 2.75) is 33.1 Å². The van der Waals surface area contributed by atoms with E-state index in [1.54, 1.807) is 4.90 Å². The summed E-state index contributed by atoms with van der Waals surface area (Å²) in [6.07, 6.45) is 2.98. The Labute approximate surface area is 129 Å². The molecule has 0 aromatic rings. The SMILES string of the molecule is CCN(CC)C(=O)CCN1C(=O)[C@H]2CC(Cl)=CC[C@H]2C1=O. The van der Waals surface area contributed by atoms with Crippen LogP contribution in [0.5, 0.6) is 0 Å². The van der Waals surface area contributed by atoms with Gasteiger partial charge < -0.3 is 4.90 Å². The quantitative estimate of drug-likeness (QED) is 0.727. The fourth-order valence-electron chi connectivity index (χ4n) is 3.06. The number of carbonyl (C=O) groups excluding carboxylic acids is 3. The molecule has 1 heterocycles. The number of hydrogen-bond donors (Lipinski definition) is 0. The molecule has 5 nitrogen and oxygen atoms in total. The van der Waals surface area contributed by atoms with E-state index in [4.69, 9.17) is 11.6 Å². The van der Waals surface area contributed by atoms with Crippen LogP contribution in [0.4, 0.5) is 0 Å². The number of fused-ring (bicyclic) bond motifs is 1. The number of imide groups is 1. The summed E-state index contributed by atoms with van der Waals surface area (Å²) < 4.78 is 0. The van der Waals surface area contributed by atoms with Crippen molar-refractivity contribution in [3.8, 4) is 0 Å². The van der Waals surface area contributed by atoms with Crippen LogP contribution in [-0.4, -0.2) is 47.2 Å². The molecular weight excluding hydrogens is 292 g/mol. The van der Waals surface area contributed by atoms with E-state index in [2.05, 4.69) is 0 Å². The summed E-state index contributed by atoms with van der Waals surface area (Å²) in [6.45, 7) is 5.28. The van der Waals surface area contributed by atoms with Gasteiger partial charge in [-0.1, -0.05) is 17.7 Å². The van der Waals surface area contributed by atoms with E-state index in [0.29, 0.717) is 31.0 Å². The lowest BCUT2D eigenvalue weighted by molar-refractivity contribution is -0.140. The molecule has 1 aliphatic heterocycles. The molecule has 0 aromatic heterocycles. The Morgan fingerprint density at radius 3 is 2.52 bits per heavy atom. The summed E-state index contributed by atoms with van der Waals surface area (Å²) in [5.74, 6) is -0.977. The van der Waals surface area contributed by atoms with E-state index in [-0.39, 0.29) is 42.5 Å². The van der Waals surface area contributed by atoms with Gasteiger partial charge in [0.2, 0.25) is 17.7 Å². The van der Waals surface area contributed by atoms with Crippen LogP contribution >= 0.6 is 11.6 Å². The van der Waals surface area contributed by atoms with Gasteiger partial charge in [0.15, 0.2) is 0 Å². The fraction of sp³-hybridized carbons (Fsp3) is 0.667. The molecule has 3 amide bonds. The first-order valence-electron chi connectivity index (χ1n) is 7.47. The molecule has 0 N–H and O–H groups in total. The molecule has 0 saturated carbocycles. The summed E-state index contributed by atoms with van der Waals surface area (Å²) in [5.41, 5.74) is 0. The van der Waals surface area contributed by atoms with Crippen molar-refractivity contribution in [2.24, 2.45) is 11.8 Å². The average Bonchev–Trinajstić information content (AvgIpc) is 2.70. The van der Waals surface area contributed by atoms with Gasteiger partial charge in [-0.2, -0.15) is 0 Å². The van der Waals surface area contributed by atoms with Crippen molar-refractivity contribution in [3.05, 3.63) is 11.1 Å². The highest BCUT2D eigenvalue weighted by atomic mass is 35.5. The number of allylic oxidation sites excluding steroid dienone is 2. The highest BCUT2D eigenvalue weighted by Gasteiger charge is 2.48. The van der Waals surface area contributed by atoms with Crippen LogP contribution in [-0.2, 0) is 14.4 Å². The van der Waals surface area contributed by atoms with Crippen LogP contribution in [0.25, 0.3) is 0 Å². The van der Waals surface area contributed by atoms with Gasteiger partial charge in [0.05, 0.1) is 11.8 Å².